The molecule has 1 aliphatic rings. The Kier molecular flexibility index (Phi) is 1.72. The zero-order valence-electron chi connectivity index (χ0n) is 5.21. The van der Waals surface area contributed by atoms with Gasteiger partial charge < -0.3 is 15.6 Å². The summed E-state index contributed by atoms with van der Waals surface area (Å²) in [7, 11) is 0. The minimum absolute atomic E-state index is 0.0278. The summed E-state index contributed by atoms with van der Waals surface area (Å²) in [5.74, 6) is -1.32. The molecule has 0 radical (unpaired) electrons. The fourth-order valence-electron chi connectivity index (χ4n) is 0.902. The van der Waals surface area contributed by atoms with Gasteiger partial charge in [-0.15, -0.1) is 0 Å². The molecule has 0 aromatic carbocycles. The monoisotopic (exact) mass is 144 g/mol. The fourth-order valence-corrected chi connectivity index (χ4v) is 0.902. The maximum Gasteiger partial charge on any atom is 0.123 e. The summed E-state index contributed by atoms with van der Waals surface area (Å²) >= 11 is 0. The maximum absolute atomic E-state index is 12.5. The lowest BCUT2D eigenvalue weighted by Crippen LogP contribution is -2.25. The van der Waals surface area contributed by atoms with Crippen molar-refractivity contribution in [2.45, 2.75) is 18.6 Å². The number of halogens is 1. The topological polar surface area (TPSA) is 66.2 Å². The molecule has 3 nitrogen and oxygen atoms in total. The number of nitrogens with two attached hydrogens (primary N) is 1. The second-order valence-corrected chi connectivity index (χ2v) is 2.28. The Morgan fingerprint density at radius 3 is 2.70 bits per heavy atom. The van der Waals surface area contributed by atoms with E-state index in [2.05, 4.69) is 0 Å². The van der Waals surface area contributed by atoms with Crippen LogP contribution in [0.2, 0.25) is 0 Å². The van der Waals surface area contributed by atoms with E-state index in [1.165, 1.54) is 6.08 Å². The van der Waals surface area contributed by atoms with Crippen LogP contribution in [0.25, 0.3) is 0 Å². The minimum Gasteiger partial charge on any atom is -0.545 e. The number of hydrogen-bond donors (Lipinski definition) is 1. The first-order valence-corrected chi connectivity index (χ1v) is 2.93. The van der Waals surface area contributed by atoms with Crippen LogP contribution in [0.15, 0.2) is 11.6 Å². The molecule has 0 saturated heterocycles. The fraction of sp³-hybridized carbons (Fsp3) is 0.500. The normalized spacial score (nSPS) is 32.0. The van der Waals surface area contributed by atoms with Gasteiger partial charge in [-0.05, 0) is 5.57 Å². The van der Waals surface area contributed by atoms with Crippen LogP contribution in [-0.2, 0) is 4.79 Å². The zero-order valence-corrected chi connectivity index (χ0v) is 5.21. The third kappa shape index (κ3) is 1.16. The lowest BCUT2D eigenvalue weighted by molar-refractivity contribution is -0.299. The van der Waals surface area contributed by atoms with Gasteiger partial charge in [0.1, 0.15) is 6.17 Å². The number of alkyl halides is 1. The van der Waals surface area contributed by atoms with Crippen LogP contribution in [0.5, 0.6) is 0 Å². The zero-order chi connectivity index (χ0) is 7.72. The van der Waals surface area contributed by atoms with Gasteiger partial charge in [0.05, 0.1) is 12.0 Å². The molecule has 0 fully saturated rings. The lowest BCUT2D eigenvalue weighted by Gasteiger charge is -2.03. The number of carboxylic acids is 1. The first kappa shape index (κ1) is 7.21. The van der Waals surface area contributed by atoms with Gasteiger partial charge in [-0.3, -0.25) is 0 Å². The third-order valence-electron chi connectivity index (χ3n) is 1.49. The predicted molar refractivity (Wildman–Crippen MR) is 30.6 cm³/mol. The molecule has 4 heteroatoms. The largest absolute Gasteiger partial charge is 0.545 e. The Bertz CT molecular complexity index is 190. The molecular formula is C6H7FNO2-. The van der Waals surface area contributed by atoms with Gasteiger partial charge in [-0.25, -0.2) is 4.39 Å². The van der Waals surface area contributed by atoms with Crippen molar-refractivity contribution < 1.29 is 14.3 Å². The summed E-state index contributed by atoms with van der Waals surface area (Å²) in [5, 5.41) is 10.1. The van der Waals surface area contributed by atoms with Gasteiger partial charge in [0.25, 0.3) is 0 Å². The second-order valence-electron chi connectivity index (χ2n) is 2.28. The smallest absolute Gasteiger partial charge is 0.123 e. The van der Waals surface area contributed by atoms with E-state index in [0.29, 0.717) is 0 Å². The number of carboxylic acid groups (broad SMARTS) is 1. The van der Waals surface area contributed by atoms with Gasteiger partial charge in [0.15, 0.2) is 0 Å². The predicted octanol–water partition coefficient (Wildman–Crippen LogP) is -1.27. The van der Waals surface area contributed by atoms with Crippen LogP contribution < -0.4 is 10.8 Å². The van der Waals surface area contributed by atoms with E-state index in [0.717, 1.165) is 0 Å². The molecule has 1 unspecified atom stereocenters. The molecule has 2 atom stereocenters. The standard InChI is InChI=1S/C6H8FNO2/c7-4-1-3(6(9)10)2-5(4)8/h2,4-5H,1,8H2,(H,9,10)/p-1/t4-,5?/m0/s1. The maximum atomic E-state index is 12.5. The molecule has 2 N–H and O–H groups in total. The first-order valence-electron chi connectivity index (χ1n) is 2.93. The van der Waals surface area contributed by atoms with Crippen molar-refractivity contribution >= 4 is 5.97 Å². The highest BCUT2D eigenvalue weighted by Gasteiger charge is 2.24. The summed E-state index contributed by atoms with van der Waals surface area (Å²) in [4.78, 5) is 10.1. The molecule has 0 spiro atoms. The molecule has 1 aliphatic carbocycles. The molecule has 0 aromatic heterocycles. The third-order valence-corrected chi connectivity index (χ3v) is 1.49. The lowest BCUT2D eigenvalue weighted by atomic mass is 10.2. The van der Waals surface area contributed by atoms with E-state index in [1.807, 2.05) is 0 Å². The summed E-state index contributed by atoms with van der Waals surface area (Å²) in [6.45, 7) is 0. The van der Waals surface area contributed by atoms with Crippen molar-refractivity contribution in [2.75, 3.05) is 0 Å². The quantitative estimate of drug-likeness (QED) is 0.499. The van der Waals surface area contributed by atoms with E-state index in [-0.39, 0.29) is 12.0 Å². The van der Waals surface area contributed by atoms with Crippen LogP contribution in [0, 0.1) is 0 Å². The number of carbonyl (C=O) groups is 1. The van der Waals surface area contributed by atoms with Crippen LogP contribution in [0.1, 0.15) is 6.42 Å². The van der Waals surface area contributed by atoms with Gasteiger partial charge in [0, 0.05) is 6.42 Å². The van der Waals surface area contributed by atoms with E-state index < -0.39 is 18.2 Å². The molecule has 0 saturated carbocycles. The molecule has 1 rings (SSSR count). The van der Waals surface area contributed by atoms with Crippen LogP contribution in [-0.4, -0.2) is 18.2 Å². The number of aliphatic carboxylic acids is 1. The average molecular weight is 144 g/mol. The Morgan fingerprint density at radius 2 is 2.50 bits per heavy atom. The highest BCUT2D eigenvalue weighted by atomic mass is 19.1. The second kappa shape index (κ2) is 2.38. The van der Waals surface area contributed by atoms with Gasteiger partial charge in [0.2, 0.25) is 0 Å². The average Bonchev–Trinajstić information content (AvgIpc) is 2.13. The molecule has 10 heavy (non-hydrogen) atoms. The highest BCUT2D eigenvalue weighted by Crippen LogP contribution is 2.19. The molecular weight excluding hydrogens is 137 g/mol. The SMILES string of the molecule is NC1C=C(C(=O)[O-])C[C@@H]1F. The Morgan fingerprint density at radius 1 is 1.90 bits per heavy atom. The van der Waals surface area contributed by atoms with E-state index >= 15 is 0 Å². The van der Waals surface area contributed by atoms with Gasteiger partial charge >= 0.3 is 0 Å². The van der Waals surface area contributed by atoms with E-state index in [1.54, 1.807) is 0 Å². The highest BCUT2D eigenvalue weighted by molar-refractivity contribution is 5.85. The molecule has 0 aliphatic heterocycles. The van der Waals surface area contributed by atoms with Gasteiger partial charge in [-0.1, -0.05) is 6.08 Å². The molecule has 0 heterocycles. The van der Waals surface area contributed by atoms with Crippen LogP contribution in [0.3, 0.4) is 0 Å². The Labute approximate surface area is 57.3 Å². The van der Waals surface area contributed by atoms with E-state index in [9.17, 15) is 14.3 Å². The summed E-state index contributed by atoms with van der Waals surface area (Å²) in [6.07, 6.45) is -0.184. The molecule has 56 valence electrons. The van der Waals surface area contributed by atoms with Crippen molar-refractivity contribution in [3.8, 4) is 0 Å². The molecule has 0 bridgehead atoms. The number of carbonyl (C=O) groups excluding carboxylic acids is 1. The van der Waals surface area contributed by atoms with Crippen molar-refractivity contribution in [1.82, 2.24) is 0 Å². The molecule has 0 aromatic rings. The molecule has 0 amide bonds. The van der Waals surface area contributed by atoms with Crippen molar-refractivity contribution in [1.29, 1.82) is 0 Å². The van der Waals surface area contributed by atoms with Crippen LogP contribution in [0.4, 0.5) is 4.39 Å². The number of hydrogen-bond acceptors (Lipinski definition) is 3. The summed E-state index contributed by atoms with van der Waals surface area (Å²) in [6, 6.07) is -0.770. The Hall–Kier alpha value is -0.900. The van der Waals surface area contributed by atoms with Crippen molar-refractivity contribution in [3.05, 3.63) is 11.6 Å². The van der Waals surface area contributed by atoms with Gasteiger partial charge in [-0.2, -0.15) is 0 Å². The van der Waals surface area contributed by atoms with Crippen LogP contribution >= 0.6 is 0 Å². The summed E-state index contributed by atoms with van der Waals surface area (Å²) in [5.41, 5.74) is 5.14. The number of rotatable bonds is 1. The van der Waals surface area contributed by atoms with Crippen molar-refractivity contribution in [2.24, 2.45) is 5.73 Å². The van der Waals surface area contributed by atoms with E-state index in [4.69, 9.17) is 5.73 Å². The Balaban J connectivity index is 2.67. The van der Waals surface area contributed by atoms with Crippen molar-refractivity contribution in [3.63, 3.8) is 0 Å². The minimum atomic E-state index is -1.32. The summed E-state index contributed by atoms with van der Waals surface area (Å²) < 4.78 is 12.5. The first-order chi connectivity index (χ1) is 4.61.